The number of benzene rings is 2. The predicted octanol–water partition coefficient (Wildman–Crippen LogP) is 4.90. The van der Waals surface area contributed by atoms with E-state index in [1.54, 1.807) is 0 Å². The second-order valence-electron chi connectivity index (χ2n) is 9.04. The van der Waals surface area contributed by atoms with Crippen LogP contribution >= 0.6 is 0 Å². The first-order valence-electron chi connectivity index (χ1n) is 11.6. The smallest absolute Gasteiger partial charge is 0.250 e. The highest BCUT2D eigenvalue weighted by Crippen LogP contribution is 2.30. The van der Waals surface area contributed by atoms with Gasteiger partial charge in [0.05, 0.1) is 5.92 Å². The lowest BCUT2D eigenvalue weighted by atomic mass is 9.92. The van der Waals surface area contributed by atoms with Crippen LogP contribution in [0.15, 0.2) is 48.5 Å². The number of rotatable bonds is 11. The highest BCUT2D eigenvalue weighted by molar-refractivity contribution is 5.92. The number of anilines is 2. The van der Waals surface area contributed by atoms with Gasteiger partial charge in [0.1, 0.15) is 6.61 Å². The molecule has 6 heteroatoms. The molecule has 2 aromatic rings. The first-order chi connectivity index (χ1) is 15.7. The normalized spacial score (nSPS) is 12.8. The second-order valence-corrected chi connectivity index (χ2v) is 9.04. The highest BCUT2D eigenvalue weighted by atomic mass is 16.5. The molecule has 0 unspecified atom stereocenters. The maximum atomic E-state index is 13.9. The summed E-state index contributed by atoms with van der Waals surface area (Å²) in [4.78, 5) is 30.0. The van der Waals surface area contributed by atoms with Crippen molar-refractivity contribution in [3.63, 3.8) is 0 Å². The molecular weight excluding hydrogens is 414 g/mol. The Hall–Kier alpha value is -2.86. The summed E-state index contributed by atoms with van der Waals surface area (Å²) in [5.74, 6) is 0.0255. The van der Waals surface area contributed by atoms with Crippen LogP contribution in [-0.4, -0.2) is 50.6 Å². The molecule has 180 valence electrons. The van der Waals surface area contributed by atoms with Crippen LogP contribution < -0.4 is 10.2 Å². The molecule has 0 saturated carbocycles. The van der Waals surface area contributed by atoms with Crippen LogP contribution in [0.1, 0.15) is 51.2 Å². The van der Waals surface area contributed by atoms with Crippen LogP contribution in [0.4, 0.5) is 11.4 Å². The van der Waals surface area contributed by atoms with Gasteiger partial charge in [0.15, 0.2) is 0 Å². The zero-order valence-corrected chi connectivity index (χ0v) is 21.1. The van der Waals surface area contributed by atoms with Crippen LogP contribution in [0.2, 0.25) is 0 Å². The van der Waals surface area contributed by atoms with Gasteiger partial charge in [-0.15, -0.1) is 0 Å². The SMILES string of the molecule is CC[C@@H](C(=O)N(Cc1cc(NC(=O)COC)ccc1N(C)C)[C@H](C)C(C)C)c1ccccc1. The van der Waals surface area contributed by atoms with Crippen LogP contribution in [0, 0.1) is 5.92 Å². The van der Waals surface area contributed by atoms with Crippen molar-refractivity contribution in [1.82, 2.24) is 4.90 Å². The Balaban J connectivity index is 2.44. The van der Waals surface area contributed by atoms with E-state index in [2.05, 4.69) is 33.0 Å². The number of carbonyl (C=O) groups excluding carboxylic acids is 2. The second kappa shape index (κ2) is 12.4. The third kappa shape index (κ3) is 7.06. The highest BCUT2D eigenvalue weighted by Gasteiger charge is 2.30. The van der Waals surface area contributed by atoms with Crippen molar-refractivity contribution in [2.75, 3.05) is 38.0 Å². The molecule has 2 atom stereocenters. The number of amides is 2. The molecule has 0 aliphatic heterocycles. The fraction of sp³-hybridized carbons (Fsp3) is 0.481. The third-order valence-corrected chi connectivity index (χ3v) is 6.11. The lowest BCUT2D eigenvalue weighted by molar-refractivity contribution is -0.136. The molecule has 0 heterocycles. The van der Waals surface area contributed by atoms with Crippen LogP contribution in [0.25, 0.3) is 0 Å². The van der Waals surface area contributed by atoms with Gasteiger partial charge in [0.25, 0.3) is 0 Å². The molecule has 2 aromatic carbocycles. The van der Waals surface area contributed by atoms with Gasteiger partial charge in [-0.2, -0.15) is 0 Å². The largest absolute Gasteiger partial charge is 0.377 e. The van der Waals surface area contributed by atoms with Gasteiger partial charge in [-0.1, -0.05) is 51.1 Å². The van der Waals surface area contributed by atoms with E-state index in [-0.39, 0.29) is 30.4 Å². The van der Waals surface area contributed by atoms with Crippen molar-refractivity contribution < 1.29 is 14.3 Å². The Morgan fingerprint density at radius 2 is 1.70 bits per heavy atom. The Labute approximate surface area is 198 Å². The number of ether oxygens (including phenoxy) is 1. The monoisotopic (exact) mass is 453 g/mol. The minimum absolute atomic E-state index is 0.00495. The summed E-state index contributed by atoms with van der Waals surface area (Å²) in [5, 5.41) is 2.88. The molecule has 6 nitrogen and oxygen atoms in total. The molecule has 0 radical (unpaired) electrons. The van der Waals surface area contributed by atoms with E-state index < -0.39 is 0 Å². The maximum Gasteiger partial charge on any atom is 0.250 e. The van der Waals surface area contributed by atoms with Gasteiger partial charge in [0, 0.05) is 45.2 Å². The molecule has 33 heavy (non-hydrogen) atoms. The summed E-state index contributed by atoms with van der Waals surface area (Å²) in [5.41, 5.74) is 3.73. The summed E-state index contributed by atoms with van der Waals surface area (Å²) in [6.45, 7) is 8.91. The predicted molar refractivity (Wildman–Crippen MR) is 136 cm³/mol. The summed E-state index contributed by atoms with van der Waals surface area (Å²) >= 11 is 0. The lowest BCUT2D eigenvalue weighted by Gasteiger charge is -2.36. The minimum Gasteiger partial charge on any atom is -0.377 e. The van der Waals surface area contributed by atoms with Crippen molar-refractivity contribution in [2.24, 2.45) is 5.92 Å². The number of nitrogens with zero attached hydrogens (tertiary/aromatic N) is 2. The van der Waals surface area contributed by atoms with E-state index >= 15 is 0 Å². The zero-order chi connectivity index (χ0) is 24.5. The Bertz CT molecular complexity index is 912. The number of methoxy groups -OCH3 is 1. The summed E-state index contributed by atoms with van der Waals surface area (Å²) < 4.78 is 4.93. The van der Waals surface area contributed by atoms with Crippen LogP contribution in [0.5, 0.6) is 0 Å². The van der Waals surface area contributed by atoms with Gasteiger partial charge in [-0.3, -0.25) is 9.59 Å². The fourth-order valence-electron chi connectivity index (χ4n) is 3.96. The van der Waals surface area contributed by atoms with Crippen molar-refractivity contribution in [3.05, 3.63) is 59.7 Å². The van der Waals surface area contributed by atoms with Crippen molar-refractivity contribution >= 4 is 23.2 Å². The number of carbonyl (C=O) groups is 2. The van der Waals surface area contributed by atoms with E-state index in [4.69, 9.17) is 4.74 Å². The molecule has 0 spiro atoms. The fourth-order valence-corrected chi connectivity index (χ4v) is 3.96. The van der Waals surface area contributed by atoms with Gasteiger partial charge >= 0.3 is 0 Å². The first kappa shape index (κ1) is 26.4. The molecule has 1 N–H and O–H groups in total. The molecule has 2 amide bonds. The minimum atomic E-state index is -0.209. The first-order valence-corrected chi connectivity index (χ1v) is 11.6. The molecule has 0 saturated heterocycles. The Morgan fingerprint density at radius 3 is 2.24 bits per heavy atom. The van der Waals surface area contributed by atoms with Crippen molar-refractivity contribution in [2.45, 2.75) is 52.6 Å². The third-order valence-electron chi connectivity index (χ3n) is 6.11. The van der Waals surface area contributed by atoms with Crippen LogP contribution in [-0.2, 0) is 20.9 Å². The molecule has 0 aromatic heterocycles. The zero-order valence-electron chi connectivity index (χ0n) is 21.1. The van der Waals surface area contributed by atoms with Gasteiger partial charge in [-0.05, 0) is 48.6 Å². The van der Waals surface area contributed by atoms with Gasteiger partial charge in [0.2, 0.25) is 11.8 Å². The average molecular weight is 454 g/mol. The van der Waals surface area contributed by atoms with E-state index in [9.17, 15) is 9.59 Å². The summed E-state index contributed by atoms with van der Waals surface area (Å²) in [7, 11) is 5.46. The lowest BCUT2D eigenvalue weighted by Crippen LogP contribution is -2.43. The van der Waals surface area contributed by atoms with E-state index in [1.165, 1.54) is 7.11 Å². The van der Waals surface area contributed by atoms with Gasteiger partial charge < -0.3 is 19.9 Å². The number of hydrogen-bond acceptors (Lipinski definition) is 4. The number of nitrogens with one attached hydrogen (secondary N) is 1. The Morgan fingerprint density at radius 1 is 1.03 bits per heavy atom. The molecule has 2 rings (SSSR count). The summed E-state index contributed by atoms with van der Waals surface area (Å²) in [6.07, 6.45) is 0.734. The van der Waals surface area contributed by atoms with Crippen molar-refractivity contribution in [3.8, 4) is 0 Å². The molecular formula is C27H39N3O3. The molecule has 0 aliphatic carbocycles. The van der Waals surface area contributed by atoms with E-state index in [0.717, 1.165) is 23.2 Å². The quantitative estimate of drug-likeness (QED) is 0.525. The summed E-state index contributed by atoms with van der Waals surface area (Å²) in [6, 6.07) is 15.9. The van der Waals surface area contributed by atoms with E-state index in [1.807, 2.05) is 72.4 Å². The maximum absolute atomic E-state index is 13.9. The van der Waals surface area contributed by atoms with Gasteiger partial charge in [-0.25, -0.2) is 0 Å². The standard InChI is InChI=1S/C27H39N3O3/c1-8-24(21-12-10-9-11-13-21)27(32)30(20(4)19(2)3)17-22-16-23(28-26(31)18-33-7)14-15-25(22)29(5)6/h9-16,19-20,24H,8,17-18H2,1-7H3,(H,28,31)/t20-,24-/m1/s1. The molecule has 0 bridgehead atoms. The number of hydrogen-bond donors (Lipinski definition) is 1. The van der Waals surface area contributed by atoms with Crippen LogP contribution in [0.3, 0.4) is 0 Å². The average Bonchev–Trinajstić information content (AvgIpc) is 2.78. The topological polar surface area (TPSA) is 61.9 Å². The van der Waals surface area contributed by atoms with E-state index in [0.29, 0.717) is 18.2 Å². The molecule has 0 aliphatic rings. The Kier molecular flexibility index (Phi) is 9.92. The van der Waals surface area contributed by atoms with Crippen molar-refractivity contribution in [1.29, 1.82) is 0 Å². The molecule has 0 fully saturated rings.